The van der Waals surface area contributed by atoms with Crippen LogP contribution in [-0.4, -0.2) is 58.9 Å². The summed E-state index contributed by atoms with van der Waals surface area (Å²) in [5.74, 6) is -2.71. The first-order valence-electron chi connectivity index (χ1n) is 7.01. The van der Waals surface area contributed by atoms with Gasteiger partial charge in [0, 0.05) is 34.1 Å². The van der Waals surface area contributed by atoms with Crippen molar-refractivity contribution in [3.8, 4) is 0 Å². The van der Waals surface area contributed by atoms with Crippen LogP contribution in [-0.2, 0) is 38.1 Å². The monoisotopic (exact) mass is 412 g/mol. The number of aliphatic hydroxyl groups excluding tert-OH is 1. The topological polar surface area (TPSA) is 125 Å². The van der Waals surface area contributed by atoms with E-state index in [1.165, 1.54) is 6.92 Å². The zero-order chi connectivity index (χ0) is 18.9. The molecule has 0 bridgehead atoms. The molecule has 0 aliphatic rings. The van der Waals surface area contributed by atoms with E-state index in [1.54, 1.807) is 0 Å². The number of hydrogen-bond donors (Lipinski definition) is 1. The van der Waals surface area contributed by atoms with Crippen molar-refractivity contribution < 1.29 is 43.2 Å². The van der Waals surface area contributed by atoms with Crippen LogP contribution in [0.2, 0.25) is 0 Å². The molecule has 9 nitrogen and oxygen atoms in total. The van der Waals surface area contributed by atoms with Gasteiger partial charge in [0.1, 0.15) is 11.1 Å². The van der Waals surface area contributed by atoms with Gasteiger partial charge in [0.05, 0.1) is 6.61 Å². The molecule has 0 aliphatic heterocycles. The second kappa shape index (κ2) is 11.0. The van der Waals surface area contributed by atoms with E-state index in [4.69, 9.17) is 18.9 Å². The Hall–Kier alpha value is -1.68. The number of carbonyl (C=O) groups excluding carboxylic acids is 4. The Morgan fingerprint density at radius 1 is 0.833 bits per heavy atom. The van der Waals surface area contributed by atoms with Gasteiger partial charge in [-0.2, -0.15) is 0 Å². The molecule has 10 heteroatoms. The van der Waals surface area contributed by atoms with Gasteiger partial charge >= 0.3 is 23.9 Å². The maximum absolute atomic E-state index is 11.4. The average molecular weight is 413 g/mol. The largest absolute Gasteiger partial charge is 0.466 e. The number of alkyl halides is 1. The number of ether oxygens (including phenoxy) is 4. The van der Waals surface area contributed by atoms with Crippen LogP contribution in [0, 0.1) is 0 Å². The van der Waals surface area contributed by atoms with E-state index >= 15 is 0 Å². The van der Waals surface area contributed by atoms with E-state index in [-0.39, 0.29) is 13.0 Å². The first kappa shape index (κ1) is 22.3. The first-order chi connectivity index (χ1) is 11.0. The highest BCUT2D eigenvalue weighted by atomic mass is 79.9. The Kier molecular flexibility index (Phi) is 10.2. The van der Waals surface area contributed by atoms with E-state index in [9.17, 15) is 24.3 Å². The quantitative estimate of drug-likeness (QED) is 0.326. The van der Waals surface area contributed by atoms with E-state index in [0.717, 1.165) is 20.8 Å². The summed E-state index contributed by atoms with van der Waals surface area (Å²) in [6.07, 6.45) is -3.79. The third-order valence-electron chi connectivity index (χ3n) is 2.59. The van der Waals surface area contributed by atoms with Crippen LogP contribution in [0.25, 0.3) is 0 Å². The molecular weight excluding hydrogens is 392 g/mol. The summed E-state index contributed by atoms with van der Waals surface area (Å²) >= 11 is 2.85. The Labute approximate surface area is 147 Å². The summed E-state index contributed by atoms with van der Waals surface area (Å²) in [6.45, 7) is 4.42. The fraction of sp³-hybridized carbons (Fsp3) is 0.714. The molecule has 0 spiro atoms. The normalized spacial score (nSPS) is 15.4. The molecule has 24 heavy (non-hydrogen) atoms. The van der Waals surface area contributed by atoms with Crippen LogP contribution >= 0.6 is 15.9 Å². The summed E-state index contributed by atoms with van der Waals surface area (Å²) in [5, 5.41) is 8.37. The minimum Gasteiger partial charge on any atom is -0.466 e. The third-order valence-corrected chi connectivity index (χ3v) is 3.11. The van der Waals surface area contributed by atoms with Gasteiger partial charge in [0.15, 0.2) is 12.2 Å². The van der Waals surface area contributed by atoms with Crippen molar-refractivity contribution in [3.63, 3.8) is 0 Å². The lowest BCUT2D eigenvalue weighted by molar-refractivity contribution is -0.189. The molecule has 0 saturated heterocycles. The van der Waals surface area contributed by atoms with Crippen molar-refractivity contribution >= 4 is 39.8 Å². The molecule has 0 radical (unpaired) electrons. The van der Waals surface area contributed by atoms with Gasteiger partial charge < -0.3 is 24.1 Å². The van der Waals surface area contributed by atoms with Crippen LogP contribution < -0.4 is 0 Å². The summed E-state index contributed by atoms with van der Waals surface area (Å²) in [5.41, 5.74) is 0. The summed E-state index contributed by atoms with van der Waals surface area (Å²) in [7, 11) is 0. The number of halogens is 1. The van der Waals surface area contributed by atoms with E-state index in [1.807, 2.05) is 0 Å². The highest BCUT2D eigenvalue weighted by molar-refractivity contribution is 9.09. The van der Waals surface area contributed by atoms with Gasteiger partial charge in [-0.05, 0) is 0 Å². The van der Waals surface area contributed by atoms with Crippen molar-refractivity contribution in [1.29, 1.82) is 0 Å². The van der Waals surface area contributed by atoms with Gasteiger partial charge in [-0.15, -0.1) is 0 Å². The van der Waals surface area contributed by atoms with Gasteiger partial charge in [0.25, 0.3) is 0 Å². The van der Waals surface area contributed by atoms with Gasteiger partial charge in [0.2, 0.25) is 0 Å². The number of hydrogen-bond acceptors (Lipinski definition) is 9. The zero-order valence-electron chi connectivity index (χ0n) is 13.8. The van der Waals surface area contributed by atoms with Crippen LogP contribution in [0.4, 0.5) is 0 Å². The minimum absolute atomic E-state index is 0.0331. The summed E-state index contributed by atoms with van der Waals surface area (Å²) in [4.78, 5) is 44.7. The van der Waals surface area contributed by atoms with Crippen LogP contribution in [0.1, 0.15) is 34.1 Å². The fourth-order valence-electron chi connectivity index (χ4n) is 1.84. The van der Waals surface area contributed by atoms with Crippen molar-refractivity contribution in [1.82, 2.24) is 0 Å². The Morgan fingerprint density at radius 3 is 1.67 bits per heavy atom. The zero-order valence-corrected chi connectivity index (χ0v) is 15.4. The van der Waals surface area contributed by atoms with Crippen LogP contribution in [0.3, 0.4) is 0 Å². The molecule has 0 amide bonds. The average Bonchev–Trinajstić information content (AvgIpc) is 2.40. The number of esters is 4. The Balaban J connectivity index is 5.43. The predicted octanol–water partition coefficient (Wildman–Crippen LogP) is 0.448. The first-order valence-corrected chi connectivity index (χ1v) is 7.93. The third kappa shape index (κ3) is 9.46. The lowest BCUT2D eigenvalue weighted by atomic mass is 10.0. The molecule has 138 valence electrons. The van der Waals surface area contributed by atoms with E-state index < -0.39 is 47.2 Å². The standard InChI is InChI=1S/C14H21BrO9/c1-7(16)21-6-5-11(22-8(2)17)12(23-9(3)18)13(14(15)20)24-10(4)19/h11-14,20H,5-6H2,1-4H3/t11-,12+,13?,14+/m1/s1. The van der Waals surface area contributed by atoms with Crippen LogP contribution in [0.15, 0.2) is 0 Å². The van der Waals surface area contributed by atoms with E-state index in [2.05, 4.69) is 15.9 Å². The molecular formula is C14H21BrO9. The van der Waals surface area contributed by atoms with Gasteiger partial charge in [-0.3, -0.25) is 19.2 Å². The molecule has 0 aromatic rings. The second-order valence-corrected chi connectivity index (χ2v) is 5.74. The molecule has 0 rings (SSSR count). The number of aliphatic hydroxyl groups is 1. The maximum Gasteiger partial charge on any atom is 0.303 e. The highest BCUT2D eigenvalue weighted by Crippen LogP contribution is 2.22. The lowest BCUT2D eigenvalue weighted by Gasteiger charge is -2.32. The molecule has 1 N–H and O–H groups in total. The molecule has 0 aromatic heterocycles. The number of rotatable bonds is 9. The molecule has 0 aliphatic carbocycles. The molecule has 0 aromatic carbocycles. The van der Waals surface area contributed by atoms with Crippen molar-refractivity contribution in [2.75, 3.05) is 6.61 Å². The summed E-state index contributed by atoms with van der Waals surface area (Å²) in [6, 6.07) is 0. The van der Waals surface area contributed by atoms with Crippen molar-refractivity contribution in [2.24, 2.45) is 0 Å². The predicted molar refractivity (Wildman–Crippen MR) is 82.8 cm³/mol. The van der Waals surface area contributed by atoms with Gasteiger partial charge in [-0.25, -0.2) is 0 Å². The molecule has 0 saturated carbocycles. The molecule has 0 fully saturated rings. The maximum atomic E-state index is 11.4. The summed E-state index contributed by atoms with van der Waals surface area (Å²) < 4.78 is 19.9. The second-order valence-electron chi connectivity index (χ2n) is 4.80. The van der Waals surface area contributed by atoms with Crippen molar-refractivity contribution in [3.05, 3.63) is 0 Å². The van der Waals surface area contributed by atoms with Gasteiger partial charge in [-0.1, -0.05) is 15.9 Å². The van der Waals surface area contributed by atoms with Crippen LogP contribution in [0.5, 0.6) is 0 Å². The highest BCUT2D eigenvalue weighted by Gasteiger charge is 2.40. The molecule has 4 atom stereocenters. The Bertz CT molecular complexity index is 463. The molecule has 1 unspecified atom stereocenters. The number of carbonyl (C=O) groups is 4. The SMILES string of the molecule is CC(=O)OCC[C@@H](OC(C)=O)[C@H](OC(C)=O)C(OC(C)=O)[C@H](O)Br. The fourth-order valence-corrected chi connectivity index (χ4v) is 2.25. The molecule has 0 heterocycles. The minimum atomic E-state index is -1.39. The van der Waals surface area contributed by atoms with Crippen molar-refractivity contribution in [2.45, 2.75) is 57.4 Å². The smallest absolute Gasteiger partial charge is 0.303 e. The Morgan fingerprint density at radius 2 is 1.29 bits per heavy atom. The van der Waals surface area contributed by atoms with E-state index in [0.29, 0.717) is 0 Å². The lowest BCUT2D eigenvalue weighted by Crippen LogP contribution is -2.49.